The number of nitrogens with one attached hydrogen (secondary N) is 1. The van der Waals surface area contributed by atoms with Crippen LogP contribution in [0.1, 0.15) is 52.8 Å². The monoisotopic (exact) mass is 395 g/mol. The molecule has 29 heavy (non-hydrogen) atoms. The first-order chi connectivity index (χ1) is 14.1. The van der Waals surface area contributed by atoms with Gasteiger partial charge in [0.25, 0.3) is 11.8 Å². The van der Waals surface area contributed by atoms with Crippen LogP contribution in [0.3, 0.4) is 0 Å². The largest absolute Gasteiger partial charge is 0.371 e. The Bertz CT molecular complexity index is 885. The van der Waals surface area contributed by atoms with E-state index < -0.39 is 0 Å². The molecule has 0 bridgehead atoms. The standard InChI is InChI=1S/C23H26FN3O2/c24-18-8-6-17(7-9-18)22(28)25-19-10-11-21(26-12-2-1-3-13-26)20(16-19)23(29)27-14-4-5-15-27/h6-11,16H,1-5,12-15H2,(H,25,28). The Kier molecular flexibility index (Phi) is 5.79. The van der Waals surface area contributed by atoms with Crippen molar-refractivity contribution in [3.8, 4) is 0 Å². The smallest absolute Gasteiger partial charge is 0.256 e. The Morgan fingerprint density at radius 2 is 1.48 bits per heavy atom. The van der Waals surface area contributed by atoms with Crippen LogP contribution in [0.4, 0.5) is 15.8 Å². The van der Waals surface area contributed by atoms with E-state index in [4.69, 9.17) is 0 Å². The number of halogens is 1. The number of benzene rings is 2. The second-order valence-electron chi connectivity index (χ2n) is 7.74. The highest BCUT2D eigenvalue weighted by Gasteiger charge is 2.25. The van der Waals surface area contributed by atoms with E-state index >= 15 is 0 Å². The van der Waals surface area contributed by atoms with Gasteiger partial charge in [0.2, 0.25) is 0 Å². The number of nitrogens with zero attached hydrogens (tertiary/aromatic N) is 2. The van der Waals surface area contributed by atoms with E-state index in [0.717, 1.165) is 57.5 Å². The SMILES string of the molecule is O=C(Nc1ccc(N2CCCCC2)c(C(=O)N2CCCC2)c1)c1ccc(F)cc1. The molecule has 152 valence electrons. The molecule has 2 fully saturated rings. The first-order valence-corrected chi connectivity index (χ1v) is 10.4. The van der Waals surface area contributed by atoms with Crippen LogP contribution in [0.15, 0.2) is 42.5 Å². The number of hydrogen-bond acceptors (Lipinski definition) is 3. The van der Waals surface area contributed by atoms with Crippen LogP contribution < -0.4 is 10.2 Å². The summed E-state index contributed by atoms with van der Waals surface area (Å²) in [6.07, 6.45) is 5.54. The number of carbonyl (C=O) groups is 2. The van der Waals surface area contributed by atoms with Crippen molar-refractivity contribution in [1.82, 2.24) is 4.90 Å². The number of piperidine rings is 1. The number of carbonyl (C=O) groups excluding carboxylic acids is 2. The third-order valence-corrected chi connectivity index (χ3v) is 5.68. The predicted molar refractivity (Wildman–Crippen MR) is 112 cm³/mol. The minimum Gasteiger partial charge on any atom is -0.371 e. The van der Waals surface area contributed by atoms with E-state index in [2.05, 4.69) is 10.2 Å². The van der Waals surface area contributed by atoms with Gasteiger partial charge in [0, 0.05) is 43.1 Å². The maximum absolute atomic E-state index is 13.2. The predicted octanol–water partition coefficient (Wildman–Crippen LogP) is 4.30. The van der Waals surface area contributed by atoms with E-state index in [1.54, 1.807) is 6.07 Å². The van der Waals surface area contributed by atoms with Crippen molar-refractivity contribution in [2.75, 3.05) is 36.4 Å². The zero-order chi connectivity index (χ0) is 20.2. The molecule has 0 saturated carbocycles. The summed E-state index contributed by atoms with van der Waals surface area (Å²) in [7, 11) is 0. The summed E-state index contributed by atoms with van der Waals surface area (Å²) in [5.41, 5.74) is 2.54. The van der Waals surface area contributed by atoms with Crippen LogP contribution in [0.5, 0.6) is 0 Å². The lowest BCUT2D eigenvalue weighted by Crippen LogP contribution is -2.34. The van der Waals surface area contributed by atoms with Crippen LogP contribution in [0.2, 0.25) is 0 Å². The molecule has 4 rings (SSSR count). The van der Waals surface area contributed by atoms with Gasteiger partial charge in [0.1, 0.15) is 5.82 Å². The topological polar surface area (TPSA) is 52.7 Å². The first-order valence-electron chi connectivity index (χ1n) is 10.4. The summed E-state index contributed by atoms with van der Waals surface area (Å²) in [6.45, 7) is 3.46. The van der Waals surface area contributed by atoms with Gasteiger partial charge in [-0.2, -0.15) is 0 Å². The molecule has 0 aliphatic carbocycles. The van der Waals surface area contributed by atoms with E-state index in [1.807, 2.05) is 17.0 Å². The molecule has 2 saturated heterocycles. The van der Waals surface area contributed by atoms with Gasteiger partial charge in [0.15, 0.2) is 0 Å². The lowest BCUT2D eigenvalue weighted by molar-refractivity contribution is 0.0793. The summed E-state index contributed by atoms with van der Waals surface area (Å²) in [4.78, 5) is 29.9. The number of hydrogen-bond donors (Lipinski definition) is 1. The van der Waals surface area contributed by atoms with Gasteiger partial charge in [-0.1, -0.05) is 0 Å². The zero-order valence-electron chi connectivity index (χ0n) is 16.5. The molecule has 2 aliphatic heterocycles. The van der Waals surface area contributed by atoms with Gasteiger partial charge < -0.3 is 15.1 Å². The second-order valence-corrected chi connectivity index (χ2v) is 7.74. The van der Waals surface area contributed by atoms with Gasteiger partial charge >= 0.3 is 0 Å². The molecule has 6 heteroatoms. The quantitative estimate of drug-likeness (QED) is 0.840. The maximum Gasteiger partial charge on any atom is 0.256 e. The molecule has 5 nitrogen and oxygen atoms in total. The molecule has 1 N–H and O–H groups in total. The van der Waals surface area contributed by atoms with Crippen molar-refractivity contribution in [2.45, 2.75) is 32.1 Å². The number of anilines is 2. The average molecular weight is 395 g/mol. The Morgan fingerprint density at radius 1 is 0.828 bits per heavy atom. The minimum atomic E-state index is -0.383. The zero-order valence-corrected chi connectivity index (χ0v) is 16.5. The molecule has 2 aromatic carbocycles. The summed E-state index contributed by atoms with van der Waals surface area (Å²) in [5, 5.41) is 2.84. The highest BCUT2D eigenvalue weighted by molar-refractivity contribution is 6.06. The fourth-order valence-electron chi connectivity index (χ4n) is 4.09. The molecule has 0 atom stereocenters. The Morgan fingerprint density at radius 3 is 2.17 bits per heavy atom. The molecule has 0 radical (unpaired) electrons. The summed E-state index contributed by atoms with van der Waals surface area (Å²) in [5.74, 6) is -0.679. The van der Waals surface area contributed by atoms with Crippen LogP contribution in [0, 0.1) is 5.82 Å². The highest BCUT2D eigenvalue weighted by Crippen LogP contribution is 2.29. The Labute approximate surface area is 170 Å². The van der Waals surface area contributed by atoms with Crippen molar-refractivity contribution in [2.24, 2.45) is 0 Å². The molecule has 2 aromatic rings. The van der Waals surface area contributed by atoms with Crippen molar-refractivity contribution < 1.29 is 14.0 Å². The number of rotatable bonds is 4. The minimum absolute atomic E-state index is 0.0287. The van der Waals surface area contributed by atoms with Gasteiger partial charge in [-0.15, -0.1) is 0 Å². The highest BCUT2D eigenvalue weighted by atomic mass is 19.1. The van der Waals surface area contributed by atoms with Crippen molar-refractivity contribution >= 4 is 23.2 Å². The lowest BCUT2D eigenvalue weighted by Gasteiger charge is -2.31. The third-order valence-electron chi connectivity index (χ3n) is 5.68. The molecule has 2 amide bonds. The first kappa shape index (κ1) is 19.4. The van der Waals surface area contributed by atoms with E-state index in [0.29, 0.717) is 16.8 Å². The summed E-state index contributed by atoms with van der Waals surface area (Å²) >= 11 is 0. The molecule has 0 aromatic heterocycles. The molecule has 0 spiro atoms. The van der Waals surface area contributed by atoms with Crippen LogP contribution in [0.25, 0.3) is 0 Å². The van der Waals surface area contributed by atoms with E-state index in [1.165, 1.54) is 30.7 Å². The van der Waals surface area contributed by atoms with Crippen molar-refractivity contribution in [3.63, 3.8) is 0 Å². The molecular weight excluding hydrogens is 369 g/mol. The Hall–Kier alpha value is -2.89. The molecular formula is C23H26FN3O2. The third kappa shape index (κ3) is 4.42. The molecule has 2 heterocycles. The molecule has 0 unspecified atom stereocenters. The lowest BCUT2D eigenvalue weighted by atomic mass is 10.0. The molecule has 2 aliphatic rings. The summed E-state index contributed by atoms with van der Waals surface area (Å²) in [6, 6.07) is 11.0. The Balaban J connectivity index is 1.61. The van der Waals surface area contributed by atoms with Gasteiger partial charge in [0.05, 0.1) is 5.56 Å². The van der Waals surface area contributed by atoms with E-state index in [-0.39, 0.29) is 17.6 Å². The van der Waals surface area contributed by atoms with Crippen molar-refractivity contribution in [1.29, 1.82) is 0 Å². The van der Waals surface area contributed by atoms with Gasteiger partial charge in [-0.3, -0.25) is 9.59 Å². The maximum atomic E-state index is 13.2. The fourth-order valence-corrected chi connectivity index (χ4v) is 4.09. The van der Waals surface area contributed by atoms with Crippen LogP contribution in [-0.4, -0.2) is 42.9 Å². The van der Waals surface area contributed by atoms with Gasteiger partial charge in [-0.25, -0.2) is 4.39 Å². The van der Waals surface area contributed by atoms with Crippen LogP contribution >= 0.6 is 0 Å². The van der Waals surface area contributed by atoms with Gasteiger partial charge in [-0.05, 0) is 74.6 Å². The fraction of sp³-hybridized carbons (Fsp3) is 0.391. The summed E-state index contributed by atoms with van der Waals surface area (Å²) < 4.78 is 13.1. The van der Waals surface area contributed by atoms with Crippen LogP contribution in [-0.2, 0) is 0 Å². The number of likely N-dealkylation sites (tertiary alicyclic amines) is 1. The van der Waals surface area contributed by atoms with Crippen molar-refractivity contribution in [3.05, 3.63) is 59.4 Å². The number of amides is 2. The second kappa shape index (κ2) is 8.64. The average Bonchev–Trinajstić information content (AvgIpc) is 3.29. The van der Waals surface area contributed by atoms with E-state index in [9.17, 15) is 14.0 Å². The normalized spacial score (nSPS) is 16.7.